The number of phenols is 1. The smallest absolute Gasteiger partial charge is 0.344 e. The molecule has 5 nitrogen and oxygen atoms in total. The molecule has 0 aliphatic carbocycles. The number of carbonyl (C=O) groups is 2. The zero-order valence-corrected chi connectivity index (χ0v) is 9.14. The largest absolute Gasteiger partial charge is 0.508 e. The second-order valence-electron chi connectivity index (χ2n) is 2.97. The highest BCUT2D eigenvalue weighted by molar-refractivity contribution is 5.82. The maximum absolute atomic E-state index is 9.33. The van der Waals surface area contributed by atoms with Crippen molar-refractivity contribution < 1.29 is 24.5 Å². The molecule has 1 aromatic carbocycles. The van der Waals surface area contributed by atoms with Gasteiger partial charge in [-0.3, -0.25) is 4.79 Å². The highest BCUT2D eigenvalue weighted by atomic mass is 16.6. The van der Waals surface area contributed by atoms with Gasteiger partial charge in [-0.25, -0.2) is 4.79 Å². The number of phenolic OH excluding ortho intramolecular Hbond substituents is 1. The van der Waals surface area contributed by atoms with Crippen LogP contribution in [0.1, 0.15) is 12.5 Å². The standard InChI is InChI=1S/C7H8O.C2H2O2.C2H4O2/c1-6-4-2-3-5-7(6)8;3-2-1-4-2;1-2(3)4/h2-5,8H,1H3;1H2;1H3,(H,3,4). The van der Waals surface area contributed by atoms with Crippen molar-refractivity contribution in [1.29, 1.82) is 0 Å². The maximum atomic E-state index is 9.33. The predicted molar refractivity (Wildman–Crippen MR) is 57.1 cm³/mol. The minimum atomic E-state index is -0.833. The van der Waals surface area contributed by atoms with Crippen molar-refractivity contribution in [3.8, 4) is 5.75 Å². The molecule has 16 heavy (non-hydrogen) atoms. The van der Waals surface area contributed by atoms with E-state index < -0.39 is 5.97 Å². The Labute approximate surface area is 93.3 Å². The topological polar surface area (TPSA) is 87.1 Å². The van der Waals surface area contributed by atoms with E-state index in [1.54, 1.807) is 6.07 Å². The predicted octanol–water partition coefficient (Wildman–Crippen LogP) is 1.33. The average molecular weight is 226 g/mol. The van der Waals surface area contributed by atoms with Crippen LogP contribution in [0.2, 0.25) is 0 Å². The van der Waals surface area contributed by atoms with Gasteiger partial charge in [-0.1, -0.05) is 18.2 Å². The molecule has 88 valence electrons. The molecule has 0 unspecified atom stereocenters. The summed E-state index contributed by atoms with van der Waals surface area (Å²) in [4.78, 5) is 18.3. The van der Waals surface area contributed by atoms with Crippen LogP contribution in [0.25, 0.3) is 0 Å². The summed E-state index contributed by atoms with van der Waals surface area (Å²) in [6.07, 6.45) is 0. The number of aromatic hydroxyl groups is 1. The molecule has 0 atom stereocenters. The number of ether oxygens (including phenoxy) is 1. The molecule has 2 rings (SSSR count). The minimum absolute atomic E-state index is 0.0833. The molecule has 1 heterocycles. The van der Waals surface area contributed by atoms with Gasteiger partial charge in [-0.05, 0) is 18.6 Å². The summed E-state index contributed by atoms with van der Waals surface area (Å²) in [7, 11) is 0. The molecule has 0 amide bonds. The van der Waals surface area contributed by atoms with Gasteiger partial charge in [-0.15, -0.1) is 0 Å². The van der Waals surface area contributed by atoms with E-state index in [4.69, 9.17) is 15.0 Å². The van der Waals surface area contributed by atoms with Gasteiger partial charge in [0.15, 0.2) is 6.61 Å². The number of epoxide rings is 1. The fourth-order valence-corrected chi connectivity index (χ4v) is 0.593. The molecule has 1 saturated heterocycles. The third-order valence-corrected chi connectivity index (χ3v) is 1.38. The molecule has 2 N–H and O–H groups in total. The number of cyclic esters (lactones) is 1. The zero-order valence-electron chi connectivity index (χ0n) is 9.14. The molecule has 1 aliphatic rings. The third-order valence-electron chi connectivity index (χ3n) is 1.38. The Kier molecular flexibility index (Phi) is 6.35. The van der Waals surface area contributed by atoms with Crippen LogP contribution in [0, 0.1) is 6.92 Å². The number of benzene rings is 1. The van der Waals surface area contributed by atoms with Gasteiger partial charge in [0.25, 0.3) is 5.97 Å². The normalized spacial score (nSPS) is 11.0. The number of hydrogen-bond acceptors (Lipinski definition) is 4. The van der Waals surface area contributed by atoms with Gasteiger partial charge in [0.05, 0.1) is 0 Å². The lowest BCUT2D eigenvalue weighted by Gasteiger charge is -1.92. The van der Waals surface area contributed by atoms with E-state index in [9.17, 15) is 4.79 Å². The van der Waals surface area contributed by atoms with E-state index in [1.165, 1.54) is 0 Å². The van der Waals surface area contributed by atoms with Crippen molar-refractivity contribution in [2.75, 3.05) is 6.61 Å². The van der Waals surface area contributed by atoms with Crippen LogP contribution in [0.4, 0.5) is 0 Å². The van der Waals surface area contributed by atoms with Crippen molar-refractivity contribution in [2.45, 2.75) is 13.8 Å². The summed E-state index contributed by atoms with van der Waals surface area (Å²) in [5.41, 5.74) is 0.924. The van der Waals surface area contributed by atoms with E-state index >= 15 is 0 Å². The first-order valence-corrected chi connectivity index (χ1v) is 4.53. The van der Waals surface area contributed by atoms with Gasteiger partial charge >= 0.3 is 5.97 Å². The van der Waals surface area contributed by atoms with Crippen molar-refractivity contribution in [3.63, 3.8) is 0 Å². The minimum Gasteiger partial charge on any atom is -0.508 e. The second-order valence-corrected chi connectivity index (χ2v) is 2.97. The summed E-state index contributed by atoms with van der Waals surface area (Å²) in [5, 5.41) is 16.3. The molecular formula is C11H14O5. The third kappa shape index (κ3) is 10.0. The molecule has 1 aromatic rings. The summed E-state index contributed by atoms with van der Waals surface area (Å²) in [6, 6.07) is 7.25. The Bertz CT molecular complexity index is 326. The first kappa shape index (κ1) is 14.0. The summed E-state index contributed by atoms with van der Waals surface area (Å²) >= 11 is 0. The van der Waals surface area contributed by atoms with Crippen LogP contribution < -0.4 is 0 Å². The highest BCUT2D eigenvalue weighted by Gasteiger charge is 2.15. The quantitative estimate of drug-likeness (QED) is 0.652. The van der Waals surface area contributed by atoms with Crippen molar-refractivity contribution in [2.24, 2.45) is 0 Å². The van der Waals surface area contributed by atoms with Gasteiger partial charge in [0.1, 0.15) is 5.75 Å². The summed E-state index contributed by atoms with van der Waals surface area (Å²) in [5.74, 6) is -0.549. The molecule has 0 saturated carbocycles. The van der Waals surface area contributed by atoms with Crippen molar-refractivity contribution in [3.05, 3.63) is 29.8 Å². The number of carboxylic acid groups (broad SMARTS) is 1. The Balaban J connectivity index is 0.000000237. The Morgan fingerprint density at radius 3 is 1.94 bits per heavy atom. The lowest BCUT2D eigenvalue weighted by molar-refractivity contribution is -0.134. The monoisotopic (exact) mass is 226 g/mol. The number of aliphatic carboxylic acids is 1. The van der Waals surface area contributed by atoms with Gasteiger partial charge < -0.3 is 14.9 Å². The number of rotatable bonds is 0. The zero-order chi connectivity index (χ0) is 12.6. The van der Waals surface area contributed by atoms with Crippen molar-refractivity contribution in [1.82, 2.24) is 0 Å². The number of aryl methyl sites for hydroxylation is 1. The summed E-state index contributed by atoms with van der Waals surface area (Å²) in [6.45, 7) is 3.30. The molecule has 0 spiro atoms. The first-order chi connectivity index (χ1) is 7.43. The van der Waals surface area contributed by atoms with Crippen LogP contribution in [0.5, 0.6) is 5.75 Å². The highest BCUT2D eigenvalue weighted by Crippen LogP contribution is 2.12. The Hall–Kier alpha value is -2.04. The van der Waals surface area contributed by atoms with Crippen LogP contribution in [-0.4, -0.2) is 28.8 Å². The molecule has 5 heteroatoms. The Morgan fingerprint density at radius 1 is 1.38 bits per heavy atom. The van der Waals surface area contributed by atoms with E-state index in [-0.39, 0.29) is 5.97 Å². The van der Waals surface area contributed by atoms with E-state index in [1.807, 2.05) is 25.1 Å². The fraction of sp³-hybridized carbons (Fsp3) is 0.273. The van der Waals surface area contributed by atoms with Crippen LogP contribution >= 0.6 is 0 Å². The summed E-state index contributed by atoms with van der Waals surface area (Å²) < 4.78 is 4.07. The van der Waals surface area contributed by atoms with Crippen molar-refractivity contribution >= 4 is 11.9 Å². The Morgan fingerprint density at radius 2 is 1.75 bits per heavy atom. The van der Waals surface area contributed by atoms with Crippen LogP contribution in [0.3, 0.4) is 0 Å². The number of carbonyl (C=O) groups excluding carboxylic acids is 1. The van der Waals surface area contributed by atoms with Gasteiger partial charge in [0, 0.05) is 6.92 Å². The molecular weight excluding hydrogens is 212 g/mol. The van der Waals surface area contributed by atoms with E-state index in [0.29, 0.717) is 12.4 Å². The molecule has 0 radical (unpaired) electrons. The van der Waals surface area contributed by atoms with Crippen LogP contribution in [-0.2, 0) is 14.3 Å². The number of para-hydroxylation sites is 1. The molecule has 1 aliphatic heterocycles. The lowest BCUT2D eigenvalue weighted by Crippen LogP contribution is -1.78. The molecule has 0 aromatic heterocycles. The van der Waals surface area contributed by atoms with E-state index in [0.717, 1.165) is 12.5 Å². The fourth-order valence-electron chi connectivity index (χ4n) is 0.593. The number of hydrogen-bond donors (Lipinski definition) is 2. The van der Waals surface area contributed by atoms with Crippen LogP contribution in [0.15, 0.2) is 24.3 Å². The second kappa shape index (κ2) is 7.28. The molecule has 0 bridgehead atoms. The maximum Gasteiger partial charge on any atom is 0.344 e. The van der Waals surface area contributed by atoms with E-state index in [2.05, 4.69) is 4.74 Å². The van der Waals surface area contributed by atoms with Gasteiger partial charge in [-0.2, -0.15) is 0 Å². The first-order valence-electron chi connectivity index (χ1n) is 4.53. The average Bonchev–Trinajstić information content (AvgIpc) is 2.93. The van der Waals surface area contributed by atoms with Gasteiger partial charge in [0.2, 0.25) is 0 Å². The molecule has 1 fully saturated rings. The number of carboxylic acids is 1. The SMILES string of the molecule is CC(=O)O.Cc1ccccc1O.O=C1CO1. The lowest BCUT2D eigenvalue weighted by atomic mass is 10.2.